The zero-order valence-corrected chi connectivity index (χ0v) is 17.1. The Kier molecular flexibility index (Phi) is 7.58. The maximum atomic E-state index is 12.1. The highest BCUT2D eigenvalue weighted by Gasteiger charge is 2.15. The van der Waals surface area contributed by atoms with Gasteiger partial charge in [-0.3, -0.25) is 9.48 Å². The van der Waals surface area contributed by atoms with E-state index in [1.165, 1.54) is 6.07 Å². The first-order chi connectivity index (χ1) is 15.0. The van der Waals surface area contributed by atoms with Gasteiger partial charge in [-0.15, -0.1) is 0 Å². The van der Waals surface area contributed by atoms with Gasteiger partial charge in [-0.1, -0.05) is 13.3 Å². The number of unbranched alkanes of at least 4 members (excludes halogenated alkanes) is 1. The number of benzene rings is 1. The third-order valence-electron chi connectivity index (χ3n) is 4.21. The van der Waals surface area contributed by atoms with E-state index in [-0.39, 0.29) is 5.76 Å². The summed E-state index contributed by atoms with van der Waals surface area (Å²) in [6.07, 6.45) is 5.16. The highest BCUT2D eigenvalue weighted by molar-refractivity contribution is 5.95. The zero-order chi connectivity index (χ0) is 22.1. The molecule has 1 N–H and O–H groups in total. The van der Waals surface area contributed by atoms with Crippen LogP contribution in [-0.4, -0.2) is 40.8 Å². The number of hydrogen-bond acceptors (Lipinski definition) is 7. The lowest BCUT2D eigenvalue weighted by Gasteiger charge is -2.07. The minimum atomic E-state index is -0.743. The minimum absolute atomic E-state index is 0.000828. The lowest BCUT2D eigenvalue weighted by Crippen LogP contribution is -2.20. The first-order valence-electron chi connectivity index (χ1n) is 9.85. The highest BCUT2D eigenvalue weighted by atomic mass is 16.5. The molecule has 9 heteroatoms. The van der Waals surface area contributed by atoms with Crippen molar-refractivity contribution in [1.82, 2.24) is 9.78 Å². The van der Waals surface area contributed by atoms with Crippen LogP contribution in [0.25, 0.3) is 0 Å². The van der Waals surface area contributed by atoms with E-state index in [0.717, 1.165) is 12.8 Å². The SMILES string of the molecule is CCCCOC(=O)c1ccc(NC(=O)COC(=O)c2ccc(Cn3cccn3)o2)cc1. The van der Waals surface area contributed by atoms with E-state index in [9.17, 15) is 14.4 Å². The fraction of sp³-hybridized carbons (Fsp3) is 0.273. The van der Waals surface area contributed by atoms with Crippen molar-refractivity contribution in [2.75, 3.05) is 18.5 Å². The number of amides is 1. The van der Waals surface area contributed by atoms with Gasteiger partial charge in [-0.25, -0.2) is 9.59 Å². The van der Waals surface area contributed by atoms with Crippen molar-refractivity contribution in [1.29, 1.82) is 0 Å². The third kappa shape index (κ3) is 6.56. The summed E-state index contributed by atoms with van der Waals surface area (Å²) in [6, 6.07) is 11.2. The van der Waals surface area contributed by atoms with Gasteiger partial charge in [0.1, 0.15) is 5.76 Å². The molecule has 31 heavy (non-hydrogen) atoms. The predicted molar refractivity (Wildman–Crippen MR) is 111 cm³/mol. The summed E-state index contributed by atoms with van der Waals surface area (Å²) >= 11 is 0. The quantitative estimate of drug-likeness (QED) is 0.392. The summed E-state index contributed by atoms with van der Waals surface area (Å²) in [7, 11) is 0. The fourth-order valence-electron chi connectivity index (χ4n) is 2.61. The van der Waals surface area contributed by atoms with Gasteiger partial charge < -0.3 is 19.2 Å². The molecule has 9 nitrogen and oxygen atoms in total. The van der Waals surface area contributed by atoms with E-state index in [2.05, 4.69) is 10.4 Å². The van der Waals surface area contributed by atoms with Crippen LogP contribution in [0, 0.1) is 0 Å². The van der Waals surface area contributed by atoms with Gasteiger partial charge in [-0.2, -0.15) is 5.10 Å². The Bertz CT molecular complexity index is 1010. The predicted octanol–water partition coefficient (Wildman–Crippen LogP) is 3.28. The number of furan rings is 1. The Labute approximate surface area is 178 Å². The Morgan fingerprint density at radius 3 is 2.58 bits per heavy atom. The van der Waals surface area contributed by atoms with Crippen LogP contribution in [0.2, 0.25) is 0 Å². The first-order valence-corrected chi connectivity index (χ1v) is 9.85. The monoisotopic (exact) mass is 425 g/mol. The summed E-state index contributed by atoms with van der Waals surface area (Å²) in [5, 5.41) is 6.65. The van der Waals surface area contributed by atoms with Gasteiger partial charge >= 0.3 is 11.9 Å². The molecule has 0 saturated heterocycles. The van der Waals surface area contributed by atoms with Gasteiger partial charge in [0.15, 0.2) is 6.61 Å². The molecule has 0 unspecified atom stereocenters. The molecule has 1 aromatic carbocycles. The standard InChI is InChI=1S/C22H23N3O6/c1-2-3-13-29-21(27)16-5-7-17(8-6-16)24-20(26)15-30-22(28)19-10-9-18(31-19)14-25-12-4-11-23-25/h4-12H,2-3,13-15H2,1H3,(H,24,26). The average molecular weight is 425 g/mol. The van der Waals surface area contributed by atoms with Crippen molar-refractivity contribution in [3.63, 3.8) is 0 Å². The summed E-state index contributed by atoms with van der Waals surface area (Å²) in [5.41, 5.74) is 0.856. The number of aromatic nitrogens is 2. The van der Waals surface area contributed by atoms with Crippen molar-refractivity contribution in [2.45, 2.75) is 26.3 Å². The number of carbonyl (C=O) groups excluding carboxylic acids is 3. The highest BCUT2D eigenvalue weighted by Crippen LogP contribution is 2.12. The number of nitrogens with one attached hydrogen (secondary N) is 1. The van der Waals surface area contributed by atoms with E-state index in [0.29, 0.717) is 30.2 Å². The number of ether oxygens (including phenoxy) is 2. The molecule has 0 aliphatic heterocycles. The molecule has 0 fully saturated rings. The lowest BCUT2D eigenvalue weighted by atomic mass is 10.2. The summed E-state index contributed by atoms with van der Waals surface area (Å²) in [6.45, 7) is 2.29. The molecular weight excluding hydrogens is 402 g/mol. The molecule has 2 aromatic heterocycles. The van der Waals surface area contributed by atoms with Crippen molar-refractivity contribution >= 4 is 23.5 Å². The zero-order valence-electron chi connectivity index (χ0n) is 17.1. The van der Waals surface area contributed by atoms with Gasteiger partial charge in [-0.05, 0) is 48.9 Å². The van der Waals surface area contributed by atoms with E-state index in [1.54, 1.807) is 53.5 Å². The molecule has 0 aliphatic rings. The number of nitrogens with zero attached hydrogens (tertiary/aromatic N) is 2. The molecular formula is C22H23N3O6. The molecule has 0 aliphatic carbocycles. The minimum Gasteiger partial charge on any atom is -0.462 e. The summed E-state index contributed by atoms with van der Waals surface area (Å²) in [4.78, 5) is 36.0. The largest absolute Gasteiger partial charge is 0.462 e. The van der Waals surface area contributed by atoms with Crippen molar-refractivity contribution in [2.24, 2.45) is 0 Å². The van der Waals surface area contributed by atoms with Crippen molar-refractivity contribution < 1.29 is 28.3 Å². The molecule has 0 saturated carbocycles. The van der Waals surface area contributed by atoms with Gasteiger partial charge in [0, 0.05) is 18.1 Å². The van der Waals surface area contributed by atoms with Crippen LogP contribution >= 0.6 is 0 Å². The molecule has 0 radical (unpaired) electrons. The second kappa shape index (κ2) is 10.8. The Balaban J connectivity index is 1.44. The molecule has 162 valence electrons. The Hall–Kier alpha value is -3.88. The van der Waals surface area contributed by atoms with Crippen LogP contribution in [0.5, 0.6) is 0 Å². The molecule has 3 rings (SSSR count). The van der Waals surface area contributed by atoms with E-state index in [1.807, 2.05) is 6.92 Å². The molecule has 0 bridgehead atoms. The van der Waals surface area contributed by atoms with Crippen molar-refractivity contribution in [3.05, 3.63) is 71.9 Å². The maximum absolute atomic E-state index is 12.1. The van der Waals surface area contributed by atoms with E-state index in [4.69, 9.17) is 13.9 Å². The third-order valence-corrected chi connectivity index (χ3v) is 4.21. The molecule has 0 atom stereocenters. The van der Waals surface area contributed by atoms with Crippen LogP contribution in [0.4, 0.5) is 5.69 Å². The average Bonchev–Trinajstić information content (AvgIpc) is 3.45. The summed E-state index contributed by atoms with van der Waals surface area (Å²) < 4.78 is 17.2. The van der Waals surface area contributed by atoms with Crippen LogP contribution in [0.3, 0.4) is 0 Å². The van der Waals surface area contributed by atoms with Crippen LogP contribution in [-0.2, 0) is 20.8 Å². The molecule has 3 aromatic rings. The lowest BCUT2D eigenvalue weighted by molar-refractivity contribution is -0.119. The van der Waals surface area contributed by atoms with Crippen LogP contribution in [0.1, 0.15) is 46.4 Å². The number of carbonyl (C=O) groups is 3. The smallest absolute Gasteiger partial charge is 0.374 e. The first kappa shape index (κ1) is 21.8. The maximum Gasteiger partial charge on any atom is 0.374 e. The fourth-order valence-corrected chi connectivity index (χ4v) is 2.61. The van der Waals surface area contributed by atoms with Crippen LogP contribution in [0.15, 0.2) is 59.3 Å². The van der Waals surface area contributed by atoms with Crippen molar-refractivity contribution in [3.8, 4) is 0 Å². The second-order valence-corrected chi connectivity index (χ2v) is 6.66. The van der Waals surface area contributed by atoms with E-state index >= 15 is 0 Å². The molecule has 1 amide bonds. The normalized spacial score (nSPS) is 10.5. The van der Waals surface area contributed by atoms with Gasteiger partial charge in [0.05, 0.1) is 18.7 Å². The molecule has 2 heterocycles. The van der Waals surface area contributed by atoms with Gasteiger partial charge in [0.25, 0.3) is 5.91 Å². The summed E-state index contributed by atoms with van der Waals surface area (Å²) in [5.74, 6) is -1.14. The number of esters is 2. The van der Waals surface area contributed by atoms with Gasteiger partial charge in [0.2, 0.25) is 5.76 Å². The number of anilines is 1. The van der Waals surface area contributed by atoms with Crippen LogP contribution < -0.4 is 5.32 Å². The second-order valence-electron chi connectivity index (χ2n) is 6.66. The topological polar surface area (TPSA) is 113 Å². The Morgan fingerprint density at radius 1 is 1.06 bits per heavy atom. The molecule has 0 spiro atoms. The van der Waals surface area contributed by atoms with E-state index < -0.39 is 24.5 Å². The number of rotatable bonds is 10. The Morgan fingerprint density at radius 2 is 1.87 bits per heavy atom. The number of hydrogen-bond donors (Lipinski definition) is 1.